The lowest BCUT2D eigenvalue weighted by atomic mass is 10.0. The zero-order valence-corrected chi connectivity index (χ0v) is 16.9. The van der Waals surface area contributed by atoms with E-state index in [2.05, 4.69) is 22.8 Å². The van der Waals surface area contributed by atoms with E-state index in [9.17, 15) is 9.59 Å². The molecule has 0 radical (unpaired) electrons. The molecule has 0 heterocycles. The van der Waals surface area contributed by atoms with Gasteiger partial charge in [-0.25, -0.2) is 0 Å². The van der Waals surface area contributed by atoms with Crippen LogP contribution < -0.4 is 15.4 Å². The highest BCUT2D eigenvalue weighted by Gasteiger charge is 2.13. The highest BCUT2D eigenvalue weighted by Crippen LogP contribution is 2.23. The van der Waals surface area contributed by atoms with Gasteiger partial charge in [0.05, 0.1) is 13.5 Å². The summed E-state index contributed by atoms with van der Waals surface area (Å²) in [5.74, 6) is 0.451. The first kappa shape index (κ1) is 19.7. The molecule has 0 aromatic heterocycles. The Balaban J connectivity index is 1.33. The average molecular weight is 400 g/mol. The first-order valence-corrected chi connectivity index (χ1v) is 10.1. The Labute approximate surface area is 176 Å². The van der Waals surface area contributed by atoms with Gasteiger partial charge in [0, 0.05) is 16.9 Å². The van der Waals surface area contributed by atoms with Crippen LogP contribution in [0.15, 0.2) is 66.7 Å². The second-order valence-electron chi connectivity index (χ2n) is 7.44. The smallest absolute Gasteiger partial charge is 0.255 e. The zero-order chi connectivity index (χ0) is 20.9. The summed E-state index contributed by atoms with van der Waals surface area (Å²) in [7, 11) is 1.60. The predicted molar refractivity (Wildman–Crippen MR) is 118 cm³/mol. The summed E-state index contributed by atoms with van der Waals surface area (Å²) in [6, 6.07) is 20.3. The van der Waals surface area contributed by atoms with E-state index in [1.54, 1.807) is 55.6 Å². The molecule has 0 spiro atoms. The van der Waals surface area contributed by atoms with Crippen LogP contribution in [0.1, 0.15) is 33.5 Å². The molecule has 0 saturated carbocycles. The summed E-state index contributed by atoms with van der Waals surface area (Å²) in [6.07, 6.45) is 3.78. The Morgan fingerprint density at radius 3 is 2.23 bits per heavy atom. The van der Waals surface area contributed by atoms with Crippen molar-refractivity contribution in [2.75, 3.05) is 17.7 Å². The number of benzene rings is 3. The van der Waals surface area contributed by atoms with Crippen LogP contribution in [0, 0.1) is 0 Å². The van der Waals surface area contributed by atoms with Gasteiger partial charge in [-0.1, -0.05) is 18.2 Å². The fraction of sp³-hybridized carbons (Fsp3) is 0.200. The second kappa shape index (κ2) is 8.82. The minimum Gasteiger partial charge on any atom is -0.497 e. The number of aryl methyl sites for hydroxylation is 2. The van der Waals surface area contributed by atoms with E-state index in [1.807, 2.05) is 6.07 Å². The van der Waals surface area contributed by atoms with Crippen LogP contribution in [0.2, 0.25) is 0 Å². The molecule has 4 rings (SSSR count). The molecule has 2 amide bonds. The van der Waals surface area contributed by atoms with Crippen LogP contribution in [-0.4, -0.2) is 18.9 Å². The molecular weight excluding hydrogens is 376 g/mol. The number of hydrogen-bond donors (Lipinski definition) is 2. The van der Waals surface area contributed by atoms with Gasteiger partial charge in [0.15, 0.2) is 0 Å². The summed E-state index contributed by atoms with van der Waals surface area (Å²) < 4.78 is 5.11. The van der Waals surface area contributed by atoms with Gasteiger partial charge in [-0.2, -0.15) is 0 Å². The van der Waals surface area contributed by atoms with Gasteiger partial charge in [0.25, 0.3) is 5.91 Å². The number of methoxy groups -OCH3 is 1. The standard InChI is InChI=1S/C25H24N2O3/c1-30-23-13-11-22(12-14-23)27-25(29)19-7-9-21(10-8-19)26-24(28)16-17-5-6-18-3-2-4-20(18)15-17/h5-15H,2-4,16H2,1H3,(H,26,28)(H,27,29). The van der Waals surface area contributed by atoms with E-state index in [1.165, 1.54) is 17.5 Å². The Hall–Kier alpha value is -3.60. The highest BCUT2D eigenvalue weighted by atomic mass is 16.5. The monoisotopic (exact) mass is 400 g/mol. The first-order valence-electron chi connectivity index (χ1n) is 10.1. The van der Waals surface area contributed by atoms with Crippen molar-refractivity contribution in [2.24, 2.45) is 0 Å². The first-order chi connectivity index (χ1) is 14.6. The van der Waals surface area contributed by atoms with E-state index >= 15 is 0 Å². The molecular formula is C25H24N2O3. The van der Waals surface area contributed by atoms with Crippen LogP contribution in [0.25, 0.3) is 0 Å². The van der Waals surface area contributed by atoms with E-state index < -0.39 is 0 Å². The van der Waals surface area contributed by atoms with Crippen molar-refractivity contribution in [3.63, 3.8) is 0 Å². The van der Waals surface area contributed by atoms with Gasteiger partial charge in [-0.05, 0) is 84.5 Å². The Morgan fingerprint density at radius 2 is 1.50 bits per heavy atom. The number of nitrogens with one attached hydrogen (secondary N) is 2. The van der Waals surface area contributed by atoms with Gasteiger partial charge in [0.2, 0.25) is 5.91 Å². The van der Waals surface area contributed by atoms with E-state index in [0.717, 1.165) is 24.2 Å². The van der Waals surface area contributed by atoms with Gasteiger partial charge in [-0.3, -0.25) is 9.59 Å². The number of amides is 2. The van der Waals surface area contributed by atoms with Crippen molar-refractivity contribution in [2.45, 2.75) is 25.7 Å². The summed E-state index contributed by atoms with van der Waals surface area (Å²) in [4.78, 5) is 24.8. The third-order valence-corrected chi connectivity index (χ3v) is 5.31. The van der Waals surface area contributed by atoms with Gasteiger partial charge in [-0.15, -0.1) is 0 Å². The Bertz CT molecular complexity index is 1060. The summed E-state index contributed by atoms with van der Waals surface area (Å²) >= 11 is 0. The quantitative estimate of drug-likeness (QED) is 0.635. The van der Waals surface area contributed by atoms with Crippen LogP contribution in [0.3, 0.4) is 0 Å². The molecule has 0 saturated heterocycles. The SMILES string of the molecule is COc1ccc(NC(=O)c2ccc(NC(=O)Cc3ccc4c(c3)CCC4)cc2)cc1. The number of fused-ring (bicyclic) bond motifs is 1. The summed E-state index contributed by atoms with van der Waals surface area (Å²) in [5, 5.41) is 5.74. The van der Waals surface area contributed by atoms with Crippen LogP contribution >= 0.6 is 0 Å². The largest absolute Gasteiger partial charge is 0.497 e. The summed E-state index contributed by atoms with van der Waals surface area (Å²) in [6.45, 7) is 0. The van der Waals surface area contributed by atoms with Gasteiger partial charge >= 0.3 is 0 Å². The normalized spacial score (nSPS) is 12.2. The minimum atomic E-state index is -0.212. The van der Waals surface area contributed by atoms with Crippen LogP contribution in [0.4, 0.5) is 11.4 Å². The molecule has 0 fully saturated rings. The van der Waals surface area contributed by atoms with Crippen molar-refractivity contribution in [1.29, 1.82) is 0 Å². The number of rotatable bonds is 6. The van der Waals surface area contributed by atoms with Gasteiger partial charge in [0.1, 0.15) is 5.75 Å². The van der Waals surface area contributed by atoms with Gasteiger partial charge < -0.3 is 15.4 Å². The number of hydrogen-bond acceptors (Lipinski definition) is 3. The van der Waals surface area contributed by atoms with Crippen LogP contribution in [0.5, 0.6) is 5.75 Å². The maximum absolute atomic E-state index is 12.4. The lowest BCUT2D eigenvalue weighted by Crippen LogP contribution is -2.15. The van der Waals surface area contributed by atoms with Crippen molar-refractivity contribution < 1.29 is 14.3 Å². The molecule has 0 bridgehead atoms. The molecule has 1 aliphatic rings. The van der Waals surface area contributed by atoms with E-state index in [0.29, 0.717) is 23.4 Å². The van der Waals surface area contributed by atoms with Crippen molar-refractivity contribution >= 4 is 23.2 Å². The molecule has 152 valence electrons. The molecule has 0 atom stereocenters. The molecule has 5 nitrogen and oxygen atoms in total. The summed E-state index contributed by atoms with van der Waals surface area (Å²) in [5.41, 5.74) is 5.68. The second-order valence-corrected chi connectivity index (χ2v) is 7.44. The van der Waals surface area contributed by atoms with Crippen LogP contribution in [-0.2, 0) is 24.1 Å². The predicted octanol–water partition coefficient (Wildman–Crippen LogP) is 4.62. The van der Waals surface area contributed by atoms with Crippen molar-refractivity contribution in [1.82, 2.24) is 0 Å². The Kier molecular flexibility index (Phi) is 5.80. The minimum absolute atomic E-state index is 0.0663. The van der Waals surface area contributed by atoms with E-state index in [-0.39, 0.29) is 11.8 Å². The zero-order valence-electron chi connectivity index (χ0n) is 16.9. The number of anilines is 2. The third kappa shape index (κ3) is 4.69. The maximum atomic E-state index is 12.4. The highest BCUT2D eigenvalue weighted by molar-refractivity contribution is 6.04. The topological polar surface area (TPSA) is 67.4 Å². The molecule has 2 N–H and O–H groups in total. The Morgan fingerprint density at radius 1 is 0.833 bits per heavy atom. The molecule has 0 unspecified atom stereocenters. The lowest BCUT2D eigenvalue weighted by molar-refractivity contribution is -0.115. The van der Waals surface area contributed by atoms with Crippen molar-refractivity contribution in [3.05, 3.63) is 89.0 Å². The molecule has 5 heteroatoms. The molecule has 3 aromatic carbocycles. The van der Waals surface area contributed by atoms with E-state index in [4.69, 9.17) is 4.74 Å². The fourth-order valence-electron chi connectivity index (χ4n) is 3.71. The lowest BCUT2D eigenvalue weighted by Gasteiger charge is -2.09. The average Bonchev–Trinajstić information content (AvgIpc) is 3.22. The fourth-order valence-corrected chi connectivity index (χ4v) is 3.71. The molecule has 3 aromatic rings. The molecule has 0 aliphatic heterocycles. The maximum Gasteiger partial charge on any atom is 0.255 e. The van der Waals surface area contributed by atoms with Crippen molar-refractivity contribution in [3.8, 4) is 5.75 Å². The molecule has 1 aliphatic carbocycles. The number of carbonyl (C=O) groups excluding carboxylic acids is 2. The third-order valence-electron chi connectivity index (χ3n) is 5.31. The number of ether oxygens (including phenoxy) is 1. The number of carbonyl (C=O) groups is 2. The molecule has 30 heavy (non-hydrogen) atoms.